The second kappa shape index (κ2) is 8.58. The molecule has 1 unspecified atom stereocenters. The van der Waals surface area contributed by atoms with Crippen molar-refractivity contribution in [3.63, 3.8) is 0 Å². The quantitative estimate of drug-likeness (QED) is 0.666. The second-order valence-electron chi connectivity index (χ2n) is 5.98. The maximum absolute atomic E-state index is 12.1. The Morgan fingerprint density at radius 1 is 1.20 bits per heavy atom. The third kappa shape index (κ3) is 5.26. The molecule has 1 amide bonds. The van der Waals surface area contributed by atoms with Crippen LogP contribution in [0.2, 0.25) is 0 Å². The molecule has 3 rings (SSSR count). The molecule has 0 bridgehead atoms. The minimum atomic E-state index is 0.0106. The van der Waals surface area contributed by atoms with Gasteiger partial charge in [0.2, 0.25) is 17.6 Å². The molecule has 5 nitrogen and oxygen atoms in total. The van der Waals surface area contributed by atoms with E-state index in [9.17, 15) is 4.79 Å². The van der Waals surface area contributed by atoms with Crippen LogP contribution in [0.3, 0.4) is 0 Å². The number of carbonyl (C=O) groups is 1. The summed E-state index contributed by atoms with van der Waals surface area (Å²) in [6.45, 7) is 2.03. The number of hydrogen-bond donors (Lipinski definition) is 1. The highest BCUT2D eigenvalue weighted by Gasteiger charge is 2.12. The van der Waals surface area contributed by atoms with Crippen molar-refractivity contribution in [3.8, 4) is 10.7 Å². The van der Waals surface area contributed by atoms with E-state index in [0.29, 0.717) is 24.6 Å². The number of aryl methyl sites for hydroxylation is 2. The summed E-state index contributed by atoms with van der Waals surface area (Å²) in [5, 5.41) is 8.95. The molecule has 130 valence electrons. The molecule has 2 heterocycles. The Kier molecular flexibility index (Phi) is 5.95. The zero-order chi connectivity index (χ0) is 17.5. The Bertz CT molecular complexity index is 784. The monoisotopic (exact) mass is 355 g/mol. The Hall–Kier alpha value is -2.47. The van der Waals surface area contributed by atoms with Crippen LogP contribution in [-0.2, 0) is 17.6 Å². The van der Waals surface area contributed by atoms with Gasteiger partial charge in [0, 0.05) is 18.9 Å². The van der Waals surface area contributed by atoms with Crippen LogP contribution in [0.5, 0.6) is 0 Å². The summed E-state index contributed by atoms with van der Waals surface area (Å²) >= 11 is 1.56. The SMILES string of the molecule is CC(CCc1ccccc1)NC(=O)CCc1nc(-c2cccs2)no1. The van der Waals surface area contributed by atoms with Gasteiger partial charge in [0.05, 0.1) is 4.88 Å². The van der Waals surface area contributed by atoms with Crippen LogP contribution in [-0.4, -0.2) is 22.1 Å². The fourth-order valence-electron chi connectivity index (χ4n) is 2.53. The van der Waals surface area contributed by atoms with Gasteiger partial charge in [-0.25, -0.2) is 0 Å². The average molecular weight is 355 g/mol. The fraction of sp³-hybridized carbons (Fsp3) is 0.316. The van der Waals surface area contributed by atoms with Gasteiger partial charge in [-0.2, -0.15) is 4.98 Å². The molecule has 2 aromatic heterocycles. The standard InChI is InChI=1S/C19H21N3O2S/c1-14(9-10-15-6-3-2-4-7-15)20-17(23)11-12-18-21-19(22-24-18)16-8-5-13-25-16/h2-8,13-14H,9-12H2,1H3,(H,20,23). The third-order valence-corrected chi connectivity index (χ3v) is 4.76. The van der Waals surface area contributed by atoms with E-state index < -0.39 is 0 Å². The van der Waals surface area contributed by atoms with E-state index in [1.807, 2.05) is 42.6 Å². The number of rotatable bonds is 8. The first-order chi connectivity index (χ1) is 12.2. The number of aromatic nitrogens is 2. The lowest BCUT2D eigenvalue weighted by Gasteiger charge is -2.13. The average Bonchev–Trinajstić information content (AvgIpc) is 3.30. The third-order valence-electron chi connectivity index (χ3n) is 3.89. The second-order valence-corrected chi connectivity index (χ2v) is 6.93. The molecule has 6 heteroatoms. The number of benzene rings is 1. The van der Waals surface area contributed by atoms with E-state index in [1.165, 1.54) is 5.56 Å². The van der Waals surface area contributed by atoms with Gasteiger partial charge in [-0.05, 0) is 36.8 Å². The number of nitrogens with one attached hydrogen (secondary N) is 1. The normalized spacial score (nSPS) is 12.0. The molecule has 1 atom stereocenters. The first-order valence-corrected chi connectivity index (χ1v) is 9.28. The van der Waals surface area contributed by atoms with Crippen molar-refractivity contribution < 1.29 is 9.32 Å². The lowest BCUT2D eigenvalue weighted by molar-refractivity contribution is -0.121. The fourth-order valence-corrected chi connectivity index (χ4v) is 3.18. The summed E-state index contributed by atoms with van der Waals surface area (Å²) in [6.07, 6.45) is 2.67. The first kappa shape index (κ1) is 17.4. The first-order valence-electron chi connectivity index (χ1n) is 8.40. The Morgan fingerprint density at radius 2 is 2.04 bits per heavy atom. The van der Waals surface area contributed by atoms with Crippen molar-refractivity contribution in [1.82, 2.24) is 15.5 Å². The molecule has 0 saturated heterocycles. The molecule has 25 heavy (non-hydrogen) atoms. The molecule has 1 N–H and O–H groups in total. The minimum Gasteiger partial charge on any atom is -0.354 e. The van der Waals surface area contributed by atoms with Crippen molar-refractivity contribution in [2.75, 3.05) is 0 Å². The molecule has 0 radical (unpaired) electrons. The van der Waals surface area contributed by atoms with E-state index >= 15 is 0 Å². The zero-order valence-electron chi connectivity index (χ0n) is 14.1. The summed E-state index contributed by atoms with van der Waals surface area (Å²) in [6, 6.07) is 14.3. The highest BCUT2D eigenvalue weighted by molar-refractivity contribution is 7.13. The lowest BCUT2D eigenvalue weighted by atomic mass is 10.1. The van der Waals surface area contributed by atoms with Crippen molar-refractivity contribution in [2.45, 2.75) is 38.6 Å². The molecule has 0 spiro atoms. The van der Waals surface area contributed by atoms with Gasteiger partial charge in [0.15, 0.2) is 0 Å². The van der Waals surface area contributed by atoms with Gasteiger partial charge in [-0.1, -0.05) is 41.6 Å². The van der Waals surface area contributed by atoms with E-state index in [4.69, 9.17) is 4.52 Å². The number of thiophene rings is 1. The summed E-state index contributed by atoms with van der Waals surface area (Å²) in [5.74, 6) is 1.09. The highest BCUT2D eigenvalue weighted by Crippen LogP contribution is 2.21. The summed E-state index contributed by atoms with van der Waals surface area (Å²) < 4.78 is 5.21. The van der Waals surface area contributed by atoms with Crippen molar-refractivity contribution in [3.05, 3.63) is 59.3 Å². The zero-order valence-corrected chi connectivity index (χ0v) is 15.0. The van der Waals surface area contributed by atoms with Crippen LogP contribution in [0, 0.1) is 0 Å². The Morgan fingerprint density at radius 3 is 2.80 bits per heavy atom. The summed E-state index contributed by atoms with van der Waals surface area (Å²) in [5.41, 5.74) is 1.29. The predicted molar refractivity (Wildman–Crippen MR) is 98.3 cm³/mol. The van der Waals surface area contributed by atoms with Gasteiger partial charge in [0.25, 0.3) is 0 Å². The lowest BCUT2D eigenvalue weighted by Crippen LogP contribution is -2.33. The Balaban J connectivity index is 1.40. The van der Waals surface area contributed by atoms with Crippen LogP contribution in [0.4, 0.5) is 0 Å². The molecule has 0 aliphatic rings. The molecular weight excluding hydrogens is 334 g/mol. The molecule has 0 saturated carbocycles. The maximum Gasteiger partial charge on any atom is 0.227 e. The van der Waals surface area contributed by atoms with Gasteiger partial charge in [-0.3, -0.25) is 4.79 Å². The molecule has 0 fully saturated rings. The predicted octanol–water partition coefficient (Wildman–Crippen LogP) is 3.87. The summed E-state index contributed by atoms with van der Waals surface area (Å²) in [7, 11) is 0. The van der Waals surface area contributed by atoms with Gasteiger partial charge < -0.3 is 9.84 Å². The van der Waals surface area contributed by atoms with Gasteiger partial charge >= 0.3 is 0 Å². The number of hydrogen-bond acceptors (Lipinski definition) is 5. The van der Waals surface area contributed by atoms with Crippen molar-refractivity contribution >= 4 is 17.2 Å². The van der Waals surface area contributed by atoms with Crippen LogP contribution >= 0.6 is 11.3 Å². The maximum atomic E-state index is 12.1. The molecule has 1 aromatic carbocycles. The van der Waals surface area contributed by atoms with Crippen LogP contribution in [0.15, 0.2) is 52.4 Å². The van der Waals surface area contributed by atoms with Crippen molar-refractivity contribution in [2.24, 2.45) is 0 Å². The minimum absolute atomic E-state index is 0.0106. The van der Waals surface area contributed by atoms with Crippen LogP contribution < -0.4 is 5.32 Å². The van der Waals surface area contributed by atoms with Crippen LogP contribution in [0.1, 0.15) is 31.2 Å². The Labute approximate surface area is 151 Å². The number of nitrogens with zero attached hydrogens (tertiary/aromatic N) is 2. The topological polar surface area (TPSA) is 68.0 Å². The highest BCUT2D eigenvalue weighted by atomic mass is 32.1. The van der Waals surface area contributed by atoms with Gasteiger partial charge in [-0.15, -0.1) is 11.3 Å². The van der Waals surface area contributed by atoms with Gasteiger partial charge in [0.1, 0.15) is 0 Å². The van der Waals surface area contributed by atoms with E-state index in [1.54, 1.807) is 11.3 Å². The summed E-state index contributed by atoms with van der Waals surface area (Å²) in [4.78, 5) is 17.4. The molecule has 3 aromatic rings. The van der Waals surface area contributed by atoms with E-state index in [0.717, 1.165) is 17.7 Å². The van der Waals surface area contributed by atoms with Crippen molar-refractivity contribution in [1.29, 1.82) is 0 Å². The van der Waals surface area contributed by atoms with E-state index in [2.05, 4.69) is 27.6 Å². The van der Waals surface area contributed by atoms with E-state index in [-0.39, 0.29) is 11.9 Å². The molecule has 0 aliphatic heterocycles. The van der Waals surface area contributed by atoms with Crippen LogP contribution in [0.25, 0.3) is 10.7 Å². The number of amides is 1. The molecule has 0 aliphatic carbocycles. The number of carbonyl (C=O) groups excluding carboxylic acids is 1. The largest absolute Gasteiger partial charge is 0.354 e. The molecular formula is C19H21N3O2S. The smallest absolute Gasteiger partial charge is 0.227 e.